The minimum atomic E-state index is -0.698. The van der Waals surface area contributed by atoms with Gasteiger partial charge in [-0.1, -0.05) is 32.0 Å². The molecule has 1 aromatic heterocycles. The molecule has 1 N–H and O–H groups in total. The van der Waals surface area contributed by atoms with E-state index in [-0.39, 0.29) is 0 Å². The van der Waals surface area contributed by atoms with Gasteiger partial charge in [0.05, 0.1) is 12.2 Å². The Labute approximate surface area is 178 Å². The van der Waals surface area contributed by atoms with Crippen molar-refractivity contribution in [1.29, 1.82) is 0 Å². The summed E-state index contributed by atoms with van der Waals surface area (Å²) in [6.07, 6.45) is 2.84. The van der Waals surface area contributed by atoms with E-state index in [0.29, 0.717) is 37.2 Å². The molecule has 0 saturated carbocycles. The summed E-state index contributed by atoms with van der Waals surface area (Å²) in [5.41, 5.74) is 2.18. The summed E-state index contributed by atoms with van der Waals surface area (Å²) in [7, 11) is 0. The van der Waals surface area contributed by atoms with Gasteiger partial charge in [-0.3, -0.25) is 4.79 Å². The van der Waals surface area contributed by atoms with E-state index < -0.39 is 11.0 Å². The monoisotopic (exact) mass is 408 g/mol. The minimum absolute atomic E-state index is 0.419. The maximum atomic E-state index is 11.8. The predicted octanol–water partition coefficient (Wildman–Crippen LogP) is 6.20. The van der Waals surface area contributed by atoms with E-state index in [1.54, 1.807) is 6.07 Å². The molecule has 0 bridgehead atoms. The number of hydrogen-bond donors (Lipinski definition) is 1. The number of benzene rings is 2. The van der Waals surface area contributed by atoms with Crippen molar-refractivity contribution in [3.8, 4) is 5.75 Å². The van der Waals surface area contributed by atoms with Gasteiger partial charge in [0.2, 0.25) is 0 Å². The van der Waals surface area contributed by atoms with Crippen LogP contribution in [0.4, 0.5) is 0 Å². The van der Waals surface area contributed by atoms with Crippen LogP contribution in [0.3, 0.4) is 0 Å². The normalized spacial score (nSPS) is 12.3. The van der Waals surface area contributed by atoms with Gasteiger partial charge in [-0.2, -0.15) is 0 Å². The van der Waals surface area contributed by atoms with Crippen LogP contribution < -0.4 is 4.74 Å². The number of rotatable bonds is 9. The lowest BCUT2D eigenvalue weighted by molar-refractivity contribution is 0.0117. The number of hydrogen-bond acceptors (Lipinski definition) is 4. The standard InChI is InChI=1S/C26H32O4/c1-6-26(28,7-2)14-15-29-20-13-12-19(17-27)22(16-20)25(4,5)24-18(3)21-10-8-9-11-23(21)30-24/h8-13,16-17,28H,6-7,14-15H2,1-5H3. The summed E-state index contributed by atoms with van der Waals surface area (Å²) >= 11 is 0. The third-order valence-corrected chi connectivity index (χ3v) is 6.39. The fraction of sp³-hybridized carbons (Fsp3) is 0.423. The number of furan rings is 1. The molecule has 160 valence electrons. The van der Waals surface area contributed by atoms with Crippen LogP contribution in [-0.4, -0.2) is 23.6 Å². The first-order valence-electron chi connectivity index (χ1n) is 10.7. The number of aldehydes is 1. The quantitative estimate of drug-likeness (QED) is 0.428. The van der Waals surface area contributed by atoms with Crippen molar-refractivity contribution in [3.63, 3.8) is 0 Å². The third-order valence-electron chi connectivity index (χ3n) is 6.39. The summed E-state index contributed by atoms with van der Waals surface area (Å²) < 4.78 is 12.2. The Morgan fingerprint density at radius 1 is 1.10 bits per heavy atom. The Bertz CT molecular complexity index is 1020. The molecular weight excluding hydrogens is 376 g/mol. The fourth-order valence-corrected chi connectivity index (χ4v) is 4.12. The van der Waals surface area contributed by atoms with Gasteiger partial charge in [-0.15, -0.1) is 0 Å². The Morgan fingerprint density at radius 2 is 1.80 bits per heavy atom. The molecule has 0 fully saturated rings. The lowest BCUT2D eigenvalue weighted by atomic mass is 9.78. The molecule has 0 unspecified atom stereocenters. The molecule has 0 aliphatic heterocycles. The van der Waals surface area contributed by atoms with E-state index in [4.69, 9.17) is 9.15 Å². The molecule has 0 spiro atoms. The summed E-state index contributed by atoms with van der Waals surface area (Å²) in [6, 6.07) is 13.5. The van der Waals surface area contributed by atoms with Crippen LogP contribution in [0.2, 0.25) is 0 Å². The van der Waals surface area contributed by atoms with E-state index in [0.717, 1.165) is 34.1 Å². The Morgan fingerprint density at radius 3 is 2.43 bits per heavy atom. The highest BCUT2D eigenvalue weighted by atomic mass is 16.5. The molecular formula is C26H32O4. The van der Waals surface area contributed by atoms with Crippen molar-refractivity contribution in [2.75, 3.05) is 6.61 Å². The van der Waals surface area contributed by atoms with Crippen molar-refractivity contribution in [2.24, 2.45) is 0 Å². The molecule has 30 heavy (non-hydrogen) atoms. The maximum absolute atomic E-state index is 11.8. The fourth-order valence-electron chi connectivity index (χ4n) is 4.12. The molecule has 3 aromatic rings. The molecule has 2 aromatic carbocycles. The Kier molecular flexibility index (Phi) is 6.37. The maximum Gasteiger partial charge on any atom is 0.150 e. The second-order valence-electron chi connectivity index (χ2n) is 8.57. The highest BCUT2D eigenvalue weighted by molar-refractivity contribution is 5.83. The highest BCUT2D eigenvalue weighted by Gasteiger charge is 2.32. The lowest BCUT2D eigenvalue weighted by Gasteiger charge is -2.27. The van der Waals surface area contributed by atoms with E-state index in [1.165, 1.54) is 0 Å². The molecule has 0 amide bonds. The number of aryl methyl sites for hydroxylation is 1. The summed E-state index contributed by atoms with van der Waals surface area (Å²) in [6.45, 7) is 10.6. The van der Waals surface area contributed by atoms with Gasteiger partial charge in [-0.05, 0) is 69.0 Å². The van der Waals surface area contributed by atoms with Crippen molar-refractivity contribution in [3.05, 3.63) is 64.9 Å². The van der Waals surface area contributed by atoms with E-state index in [9.17, 15) is 9.90 Å². The lowest BCUT2D eigenvalue weighted by Crippen LogP contribution is -2.29. The summed E-state index contributed by atoms with van der Waals surface area (Å²) in [5, 5.41) is 11.6. The van der Waals surface area contributed by atoms with Crippen molar-refractivity contribution < 1.29 is 19.1 Å². The molecule has 3 rings (SSSR count). The molecule has 4 heteroatoms. The Balaban J connectivity index is 1.94. The van der Waals surface area contributed by atoms with Gasteiger partial charge in [0.1, 0.15) is 23.4 Å². The average Bonchev–Trinajstić information content (AvgIpc) is 3.11. The minimum Gasteiger partial charge on any atom is -0.493 e. The molecule has 0 atom stereocenters. The van der Waals surface area contributed by atoms with Crippen LogP contribution in [0.1, 0.15) is 74.2 Å². The van der Waals surface area contributed by atoms with Gasteiger partial charge in [0.25, 0.3) is 0 Å². The van der Waals surface area contributed by atoms with Crippen LogP contribution in [0, 0.1) is 6.92 Å². The second-order valence-corrected chi connectivity index (χ2v) is 8.57. The van der Waals surface area contributed by atoms with E-state index >= 15 is 0 Å². The van der Waals surface area contributed by atoms with Gasteiger partial charge in [-0.25, -0.2) is 0 Å². The highest BCUT2D eigenvalue weighted by Crippen LogP contribution is 2.40. The van der Waals surface area contributed by atoms with Crippen molar-refractivity contribution >= 4 is 17.3 Å². The number of fused-ring (bicyclic) bond motifs is 1. The number of ether oxygens (including phenoxy) is 1. The topological polar surface area (TPSA) is 59.7 Å². The van der Waals surface area contributed by atoms with Gasteiger partial charge in [0.15, 0.2) is 0 Å². The molecule has 1 heterocycles. The Hall–Kier alpha value is -2.59. The second kappa shape index (κ2) is 8.65. The third kappa shape index (κ3) is 4.15. The van der Waals surface area contributed by atoms with Gasteiger partial charge < -0.3 is 14.3 Å². The summed E-state index contributed by atoms with van der Waals surface area (Å²) in [4.78, 5) is 11.8. The van der Waals surface area contributed by atoms with E-state index in [2.05, 4.69) is 26.8 Å². The molecule has 0 aliphatic carbocycles. The number of aliphatic hydroxyl groups is 1. The van der Waals surface area contributed by atoms with Crippen LogP contribution >= 0.6 is 0 Å². The van der Waals surface area contributed by atoms with Gasteiger partial charge >= 0.3 is 0 Å². The van der Waals surface area contributed by atoms with Crippen LogP contribution in [-0.2, 0) is 5.41 Å². The van der Waals surface area contributed by atoms with Crippen molar-refractivity contribution in [1.82, 2.24) is 0 Å². The molecule has 0 radical (unpaired) electrons. The zero-order chi connectivity index (χ0) is 21.9. The number of carbonyl (C=O) groups excluding carboxylic acids is 1. The predicted molar refractivity (Wildman–Crippen MR) is 121 cm³/mol. The average molecular weight is 409 g/mol. The largest absolute Gasteiger partial charge is 0.493 e. The molecule has 0 aliphatic rings. The first kappa shape index (κ1) is 22.1. The van der Waals surface area contributed by atoms with Crippen LogP contribution in [0.25, 0.3) is 11.0 Å². The molecule has 4 nitrogen and oxygen atoms in total. The van der Waals surface area contributed by atoms with E-state index in [1.807, 2.05) is 44.2 Å². The first-order chi connectivity index (χ1) is 14.3. The number of carbonyl (C=O) groups is 1. The van der Waals surface area contributed by atoms with Crippen LogP contribution in [0.15, 0.2) is 46.9 Å². The zero-order valence-corrected chi connectivity index (χ0v) is 18.6. The SMILES string of the molecule is CCC(O)(CC)CCOc1ccc(C=O)c(C(C)(C)c2oc3ccccc3c2C)c1. The van der Waals surface area contributed by atoms with Crippen LogP contribution in [0.5, 0.6) is 5.75 Å². The molecule has 0 saturated heterocycles. The smallest absolute Gasteiger partial charge is 0.150 e. The van der Waals surface area contributed by atoms with Gasteiger partial charge in [0, 0.05) is 22.8 Å². The summed E-state index contributed by atoms with van der Waals surface area (Å²) in [5.74, 6) is 1.53. The number of para-hydroxylation sites is 1. The first-order valence-corrected chi connectivity index (χ1v) is 10.7. The zero-order valence-electron chi connectivity index (χ0n) is 18.6. The van der Waals surface area contributed by atoms with Crippen molar-refractivity contribution in [2.45, 2.75) is 64.9 Å².